The Bertz CT molecular complexity index is 1010. The van der Waals surface area contributed by atoms with E-state index in [2.05, 4.69) is 31.7 Å². The van der Waals surface area contributed by atoms with E-state index in [0.717, 1.165) is 62.0 Å². The van der Waals surface area contributed by atoms with Crippen LogP contribution in [0.4, 0.5) is 17.5 Å². The first-order valence-electron chi connectivity index (χ1n) is 10.0. The van der Waals surface area contributed by atoms with Crippen molar-refractivity contribution in [2.24, 2.45) is 0 Å². The number of hydrogen-bond donors (Lipinski definition) is 0. The van der Waals surface area contributed by atoms with Crippen molar-refractivity contribution in [2.45, 2.75) is 19.8 Å². The number of nitrogens with zero attached hydrogens (tertiary/aromatic N) is 7. The molecule has 9 nitrogen and oxygen atoms in total. The summed E-state index contributed by atoms with van der Waals surface area (Å²) in [5.74, 6) is 2.22. The summed E-state index contributed by atoms with van der Waals surface area (Å²) in [6.45, 7) is 5.44. The molecule has 3 heterocycles. The average Bonchev–Trinajstić information content (AvgIpc) is 3.06. The van der Waals surface area contributed by atoms with E-state index in [1.54, 1.807) is 24.5 Å². The number of non-ortho nitro benzene ring substituents is 1. The summed E-state index contributed by atoms with van der Waals surface area (Å²) in [4.78, 5) is 33.1. The molecule has 1 fully saturated rings. The summed E-state index contributed by atoms with van der Waals surface area (Å²) in [6, 6.07) is 10.2. The maximum atomic E-state index is 10.9. The Kier molecular flexibility index (Phi) is 5.78. The van der Waals surface area contributed by atoms with Gasteiger partial charge in [0, 0.05) is 68.0 Å². The number of nitro groups is 1. The number of aryl methyl sites for hydroxylation is 1. The minimum Gasteiger partial charge on any atom is -0.355 e. The molecule has 30 heavy (non-hydrogen) atoms. The van der Waals surface area contributed by atoms with Crippen molar-refractivity contribution in [2.75, 3.05) is 36.0 Å². The largest absolute Gasteiger partial charge is 0.355 e. The Morgan fingerprint density at radius 3 is 2.40 bits per heavy atom. The van der Waals surface area contributed by atoms with E-state index in [1.165, 1.54) is 12.1 Å². The fraction of sp³-hybridized carbons (Fsp3) is 0.333. The summed E-state index contributed by atoms with van der Waals surface area (Å²) in [6.07, 6.45) is 5.28. The minimum absolute atomic E-state index is 0.0568. The van der Waals surface area contributed by atoms with Crippen LogP contribution in [0.5, 0.6) is 0 Å². The van der Waals surface area contributed by atoms with Gasteiger partial charge < -0.3 is 9.80 Å². The number of hydrogen-bond acceptors (Lipinski definition) is 8. The summed E-state index contributed by atoms with van der Waals surface area (Å²) < 4.78 is 0. The van der Waals surface area contributed by atoms with Gasteiger partial charge in [-0.3, -0.25) is 10.1 Å². The van der Waals surface area contributed by atoms with Crippen LogP contribution in [0.3, 0.4) is 0 Å². The van der Waals surface area contributed by atoms with Crippen molar-refractivity contribution in [1.29, 1.82) is 0 Å². The summed E-state index contributed by atoms with van der Waals surface area (Å²) >= 11 is 0. The zero-order chi connectivity index (χ0) is 20.9. The molecule has 154 valence electrons. The van der Waals surface area contributed by atoms with E-state index < -0.39 is 4.92 Å². The molecule has 1 aromatic carbocycles. The van der Waals surface area contributed by atoms with Gasteiger partial charge >= 0.3 is 0 Å². The molecule has 0 radical (unpaired) electrons. The van der Waals surface area contributed by atoms with Gasteiger partial charge in [-0.1, -0.05) is 6.92 Å². The van der Waals surface area contributed by atoms with E-state index in [0.29, 0.717) is 5.82 Å². The molecule has 0 spiro atoms. The topological polar surface area (TPSA) is 101 Å². The van der Waals surface area contributed by atoms with Crippen molar-refractivity contribution in [3.05, 3.63) is 64.6 Å². The molecule has 1 saturated heterocycles. The van der Waals surface area contributed by atoms with Gasteiger partial charge in [0.1, 0.15) is 5.82 Å². The fourth-order valence-corrected chi connectivity index (χ4v) is 3.49. The van der Waals surface area contributed by atoms with E-state index in [9.17, 15) is 10.1 Å². The molecule has 1 aliphatic heterocycles. The molecular weight excluding hydrogens is 382 g/mol. The van der Waals surface area contributed by atoms with Gasteiger partial charge in [-0.25, -0.2) is 19.9 Å². The highest BCUT2D eigenvalue weighted by atomic mass is 16.6. The minimum atomic E-state index is -0.405. The number of rotatable bonds is 5. The lowest BCUT2D eigenvalue weighted by atomic mass is 10.2. The molecule has 2 aromatic heterocycles. The maximum Gasteiger partial charge on any atom is 0.269 e. The molecule has 0 aliphatic carbocycles. The first-order valence-corrected chi connectivity index (χ1v) is 10.0. The lowest BCUT2D eigenvalue weighted by Gasteiger charge is -2.23. The van der Waals surface area contributed by atoms with Gasteiger partial charge in [0.15, 0.2) is 5.82 Å². The van der Waals surface area contributed by atoms with Gasteiger partial charge in [0.25, 0.3) is 5.69 Å². The normalized spacial score (nSPS) is 14.4. The molecular formula is C21H23N7O2. The third kappa shape index (κ3) is 4.35. The third-order valence-electron chi connectivity index (χ3n) is 5.12. The molecule has 1 aliphatic rings. The standard InChI is InChI=1S/C21H23N7O2/c1-2-17-15-19(25-20(24-17)16-5-7-18(8-6-16)28(29)30)26-11-4-12-27(14-13-26)21-22-9-3-10-23-21/h3,5-10,15H,2,4,11-14H2,1H3. The first kappa shape index (κ1) is 19.7. The van der Waals surface area contributed by atoms with Crippen molar-refractivity contribution < 1.29 is 4.92 Å². The van der Waals surface area contributed by atoms with Crippen molar-refractivity contribution in [3.63, 3.8) is 0 Å². The summed E-state index contributed by atoms with van der Waals surface area (Å²) in [5.41, 5.74) is 1.77. The van der Waals surface area contributed by atoms with E-state index in [1.807, 2.05) is 12.1 Å². The van der Waals surface area contributed by atoms with Gasteiger partial charge in [0.05, 0.1) is 4.92 Å². The van der Waals surface area contributed by atoms with Crippen LogP contribution < -0.4 is 9.80 Å². The van der Waals surface area contributed by atoms with E-state index in [-0.39, 0.29) is 5.69 Å². The Hall–Kier alpha value is -3.62. The first-order chi connectivity index (χ1) is 14.6. The van der Waals surface area contributed by atoms with Gasteiger partial charge in [0.2, 0.25) is 5.95 Å². The van der Waals surface area contributed by atoms with Crippen LogP contribution >= 0.6 is 0 Å². The highest BCUT2D eigenvalue weighted by Crippen LogP contribution is 2.24. The second-order valence-corrected chi connectivity index (χ2v) is 7.08. The molecule has 0 atom stereocenters. The summed E-state index contributed by atoms with van der Waals surface area (Å²) in [7, 11) is 0. The lowest BCUT2D eigenvalue weighted by Crippen LogP contribution is -2.32. The highest BCUT2D eigenvalue weighted by molar-refractivity contribution is 5.60. The quantitative estimate of drug-likeness (QED) is 0.471. The molecule has 4 rings (SSSR count). The summed E-state index contributed by atoms with van der Waals surface area (Å²) in [5, 5.41) is 10.9. The predicted octanol–water partition coefficient (Wildman–Crippen LogP) is 3.12. The van der Waals surface area contributed by atoms with Crippen LogP contribution in [0.25, 0.3) is 11.4 Å². The van der Waals surface area contributed by atoms with Crippen molar-refractivity contribution >= 4 is 17.5 Å². The number of anilines is 2. The van der Waals surface area contributed by atoms with E-state index in [4.69, 9.17) is 4.98 Å². The molecule has 9 heteroatoms. The monoisotopic (exact) mass is 405 g/mol. The number of benzene rings is 1. The van der Waals surface area contributed by atoms with Gasteiger partial charge in [-0.2, -0.15) is 0 Å². The van der Waals surface area contributed by atoms with Crippen LogP contribution in [0.2, 0.25) is 0 Å². The zero-order valence-corrected chi connectivity index (χ0v) is 16.8. The van der Waals surface area contributed by atoms with Crippen molar-refractivity contribution in [1.82, 2.24) is 19.9 Å². The Labute approximate surface area is 174 Å². The second kappa shape index (κ2) is 8.81. The Morgan fingerprint density at radius 1 is 1.00 bits per heavy atom. The maximum absolute atomic E-state index is 10.9. The lowest BCUT2D eigenvalue weighted by molar-refractivity contribution is -0.384. The van der Waals surface area contributed by atoms with Crippen LogP contribution in [0.15, 0.2) is 48.8 Å². The van der Waals surface area contributed by atoms with E-state index >= 15 is 0 Å². The van der Waals surface area contributed by atoms with Crippen molar-refractivity contribution in [3.8, 4) is 11.4 Å². The highest BCUT2D eigenvalue weighted by Gasteiger charge is 2.19. The second-order valence-electron chi connectivity index (χ2n) is 7.08. The Balaban J connectivity index is 1.58. The molecule has 0 bridgehead atoms. The molecule has 0 N–H and O–H groups in total. The SMILES string of the molecule is CCc1cc(N2CCCN(c3ncccn3)CC2)nc(-c2ccc([N+](=O)[O-])cc2)n1. The third-order valence-corrected chi connectivity index (χ3v) is 5.12. The zero-order valence-electron chi connectivity index (χ0n) is 16.8. The van der Waals surface area contributed by atoms with Crippen LogP contribution in [0.1, 0.15) is 19.0 Å². The number of nitro benzene ring substituents is 1. The predicted molar refractivity (Wildman–Crippen MR) is 115 cm³/mol. The van der Waals surface area contributed by atoms with Crippen LogP contribution in [0, 0.1) is 10.1 Å². The molecule has 0 unspecified atom stereocenters. The molecule has 3 aromatic rings. The molecule has 0 saturated carbocycles. The van der Waals surface area contributed by atoms with Crippen LogP contribution in [-0.4, -0.2) is 51.0 Å². The average molecular weight is 405 g/mol. The fourth-order valence-electron chi connectivity index (χ4n) is 3.49. The molecule has 0 amide bonds. The number of aromatic nitrogens is 4. The van der Waals surface area contributed by atoms with Crippen LogP contribution in [-0.2, 0) is 6.42 Å². The van der Waals surface area contributed by atoms with Gasteiger partial charge in [-0.05, 0) is 31.0 Å². The van der Waals surface area contributed by atoms with Gasteiger partial charge in [-0.15, -0.1) is 0 Å². The smallest absolute Gasteiger partial charge is 0.269 e. The Morgan fingerprint density at radius 2 is 1.70 bits per heavy atom.